The number of benzene rings is 2. The molecule has 0 saturated carbocycles. The lowest BCUT2D eigenvalue weighted by atomic mass is 10.2. The minimum Gasteiger partial charge on any atom is -0.269 e. The number of thioether (sulfide) groups is 1. The third-order valence-corrected chi connectivity index (χ3v) is 6.65. The topological polar surface area (TPSA) is 69.3 Å². The minimum absolute atomic E-state index is 0.136. The summed E-state index contributed by atoms with van der Waals surface area (Å²) in [5, 5.41) is 1.51. The second-order valence-corrected chi connectivity index (χ2v) is 9.10. The molecule has 0 bridgehead atoms. The molecule has 0 N–H and O–H groups in total. The van der Waals surface area contributed by atoms with Crippen molar-refractivity contribution in [1.29, 1.82) is 0 Å². The highest BCUT2D eigenvalue weighted by Gasteiger charge is 2.16. The summed E-state index contributed by atoms with van der Waals surface area (Å²) in [6.07, 6.45) is 0. The fraction of sp³-hybridized carbons (Fsp3) is 0.120. The number of nitrogens with zero attached hydrogens (tertiary/aromatic N) is 4. The average Bonchev–Trinajstić information content (AvgIpc) is 2.78. The van der Waals surface area contributed by atoms with E-state index in [2.05, 4.69) is 4.98 Å². The van der Waals surface area contributed by atoms with E-state index in [0.717, 1.165) is 16.9 Å². The van der Waals surface area contributed by atoms with Gasteiger partial charge in [-0.2, -0.15) is 0 Å². The Morgan fingerprint density at radius 3 is 2.58 bits per heavy atom. The van der Waals surface area contributed by atoms with Crippen LogP contribution in [0.5, 0.6) is 0 Å². The van der Waals surface area contributed by atoms with Crippen molar-refractivity contribution in [2.45, 2.75) is 24.8 Å². The van der Waals surface area contributed by atoms with Gasteiger partial charge in [0, 0.05) is 22.5 Å². The average molecular weight is 475 g/mol. The van der Waals surface area contributed by atoms with Crippen LogP contribution in [-0.4, -0.2) is 18.9 Å². The highest BCUT2D eigenvalue weighted by Crippen LogP contribution is 2.26. The molecule has 164 valence electrons. The number of pyridine rings is 1. The van der Waals surface area contributed by atoms with E-state index in [9.17, 15) is 9.59 Å². The monoisotopic (exact) mass is 474 g/mol. The van der Waals surface area contributed by atoms with Crippen LogP contribution < -0.4 is 11.1 Å². The van der Waals surface area contributed by atoms with Crippen molar-refractivity contribution in [3.63, 3.8) is 0 Å². The number of para-hydroxylation sites is 1. The van der Waals surface area contributed by atoms with Crippen LogP contribution in [0.4, 0.5) is 0 Å². The van der Waals surface area contributed by atoms with Gasteiger partial charge in [-0.3, -0.25) is 18.6 Å². The van der Waals surface area contributed by atoms with Gasteiger partial charge in [0.15, 0.2) is 5.16 Å². The van der Waals surface area contributed by atoms with Crippen LogP contribution in [0.25, 0.3) is 22.2 Å². The fourth-order valence-electron chi connectivity index (χ4n) is 3.84. The molecule has 5 aromatic rings. The quantitative estimate of drug-likeness (QED) is 0.272. The standard InChI is InChI=1S/C25H19ClN4O2S/c1-15-6-3-4-8-21(15)30-24(32)19-11-10-17(26)12-20(19)28-25(30)33-14-18-13-23(31)29-16(2)7-5-9-22(29)27-18/h3-13H,14H2,1-2H3. The summed E-state index contributed by atoms with van der Waals surface area (Å²) in [5.74, 6) is 0.379. The van der Waals surface area contributed by atoms with Gasteiger partial charge < -0.3 is 0 Å². The molecule has 0 saturated heterocycles. The molecule has 0 spiro atoms. The van der Waals surface area contributed by atoms with Crippen molar-refractivity contribution in [3.8, 4) is 5.69 Å². The normalized spacial score (nSPS) is 11.4. The Morgan fingerprint density at radius 1 is 0.939 bits per heavy atom. The van der Waals surface area contributed by atoms with Gasteiger partial charge >= 0.3 is 0 Å². The highest BCUT2D eigenvalue weighted by molar-refractivity contribution is 7.98. The van der Waals surface area contributed by atoms with E-state index >= 15 is 0 Å². The molecule has 0 fully saturated rings. The number of aryl methyl sites for hydroxylation is 2. The van der Waals surface area contributed by atoms with Crippen molar-refractivity contribution in [1.82, 2.24) is 18.9 Å². The lowest BCUT2D eigenvalue weighted by Crippen LogP contribution is -2.22. The first kappa shape index (κ1) is 21.4. The Morgan fingerprint density at radius 2 is 1.76 bits per heavy atom. The summed E-state index contributed by atoms with van der Waals surface area (Å²) >= 11 is 7.52. The molecule has 0 radical (unpaired) electrons. The van der Waals surface area contributed by atoms with Crippen molar-refractivity contribution < 1.29 is 0 Å². The van der Waals surface area contributed by atoms with E-state index in [0.29, 0.717) is 38.2 Å². The molecular formula is C25H19ClN4O2S. The van der Waals surface area contributed by atoms with Crippen LogP contribution in [-0.2, 0) is 5.75 Å². The van der Waals surface area contributed by atoms with Gasteiger partial charge in [-0.25, -0.2) is 9.97 Å². The van der Waals surface area contributed by atoms with Crippen molar-refractivity contribution in [2.24, 2.45) is 0 Å². The van der Waals surface area contributed by atoms with Crippen molar-refractivity contribution in [2.75, 3.05) is 0 Å². The molecule has 0 aliphatic carbocycles. The number of hydrogen-bond acceptors (Lipinski definition) is 5. The molecule has 8 heteroatoms. The Balaban J connectivity index is 1.64. The van der Waals surface area contributed by atoms with Gasteiger partial charge in [-0.15, -0.1) is 0 Å². The molecule has 3 aromatic heterocycles. The highest BCUT2D eigenvalue weighted by atomic mass is 35.5. The van der Waals surface area contributed by atoms with Gasteiger partial charge in [0.25, 0.3) is 11.1 Å². The zero-order chi connectivity index (χ0) is 23.1. The summed E-state index contributed by atoms with van der Waals surface area (Å²) in [4.78, 5) is 35.5. The molecule has 3 heterocycles. The van der Waals surface area contributed by atoms with E-state index in [1.165, 1.54) is 17.8 Å². The van der Waals surface area contributed by atoms with Crippen LogP contribution in [0.3, 0.4) is 0 Å². The van der Waals surface area contributed by atoms with E-state index in [4.69, 9.17) is 16.6 Å². The first-order valence-corrected chi connectivity index (χ1v) is 11.7. The molecule has 0 amide bonds. The lowest BCUT2D eigenvalue weighted by Gasteiger charge is -2.15. The van der Waals surface area contributed by atoms with Gasteiger partial charge in [0.2, 0.25) is 0 Å². The number of fused-ring (bicyclic) bond motifs is 2. The van der Waals surface area contributed by atoms with E-state index in [-0.39, 0.29) is 11.1 Å². The third-order valence-electron chi connectivity index (χ3n) is 5.44. The predicted molar refractivity (Wildman–Crippen MR) is 133 cm³/mol. The Labute approximate surface area is 198 Å². The van der Waals surface area contributed by atoms with E-state index in [1.807, 2.05) is 56.3 Å². The molecule has 0 aliphatic heterocycles. The van der Waals surface area contributed by atoms with Crippen LogP contribution in [0.15, 0.2) is 81.5 Å². The van der Waals surface area contributed by atoms with Gasteiger partial charge in [0.05, 0.1) is 22.3 Å². The maximum Gasteiger partial charge on any atom is 0.266 e. The summed E-state index contributed by atoms with van der Waals surface area (Å²) in [6, 6.07) is 19.8. The molecule has 33 heavy (non-hydrogen) atoms. The van der Waals surface area contributed by atoms with Crippen LogP contribution in [0.1, 0.15) is 17.0 Å². The molecule has 2 aromatic carbocycles. The van der Waals surface area contributed by atoms with Gasteiger partial charge in [-0.05, 0) is 55.8 Å². The summed E-state index contributed by atoms with van der Waals surface area (Å²) in [6.45, 7) is 3.83. The summed E-state index contributed by atoms with van der Waals surface area (Å²) < 4.78 is 3.20. The van der Waals surface area contributed by atoms with Crippen LogP contribution >= 0.6 is 23.4 Å². The lowest BCUT2D eigenvalue weighted by molar-refractivity contribution is 0.813. The molecule has 6 nitrogen and oxygen atoms in total. The van der Waals surface area contributed by atoms with E-state index < -0.39 is 0 Å². The molecule has 5 rings (SSSR count). The third kappa shape index (κ3) is 3.94. The smallest absolute Gasteiger partial charge is 0.266 e. The number of hydrogen-bond donors (Lipinski definition) is 0. The fourth-order valence-corrected chi connectivity index (χ4v) is 4.90. The van der Waals surface area contributed by atoms with Crippen LogP contribution in [0.2, 0.25) is 5.02 Å². The largest absolute Gasteiger partial charge is 0.269 e. The maximum absolute atomic E-state index is 13.5. The molecule has 0 unspecified atom stereocenters. The second kappa shape index (κ2) is 8.50. The Hall–Kier alpha value is -3.42. The Kier molecular flexibility index (Phi) is 5.52. The van der Waals surface area contributed by atoms with Crippen LogP contribution in [0, 0.1) is 13.8 Å². The van der Waals surface area contributed by atoms with Crippen molar-refractivity contribution in [3.05, 3.63) is 109 Å². The Bertz CT molecular complexity index is 1660. The second-order valence-electron chi connectivity index (χ2n) is 7.72. The number of rotatable bonds is 4. The SMILES string of the molecule is Cc1ccccc1-n1c(SCc2cc(=O)n3c(C)cccc3n2)nc2cc(Cl)ccc2c1=O. The van der Waals surface area contributed by atoms with Gasteiger partial charge in [-0.1, -0.05) is 47.6 Å². The summed E-state index contributed by atoms with van der Waals surface area (Å²) in [5.41, 5.74) is 3.97. The minimum atomic E-state index is -0.171. The zero-order valence-electron chi connectivity index (χ0n) is 17.9. The predicted octanol–water partition coefficient (Wildman–Crippen LogP) is 4.96. The molecular weight excluding hydrogens is 456 g/mol. The molecule has 0 atom stereocenters. The number of aromatic nitrogens is 4. The zero-order valence-corrected chi connectivity index (χ0v) is 19.5. The maximum atomic E-state index is 13.5. The van der Waals surface area contributed by atoms with Gasteiger partial charge in [0.1, 0.15) is 5.65 Å². The summed E-state index contributed by atoms with van der Waals surface area (Å²) in [7, 11) is 0. The van der Waals surface area contributed by atoms with Crippen molar-refractivity contribution >= 4 is 39.9 Å². The first-order valence-electron chi connectivity index (χ1n) is 10.3. The van der Waals surface area contributed by atoms with E-state index in [1.54, 1.807) is 27.2 Å². The first-order chi connectivity index (χ1) is 15.9. The number of halogens is 1. The molecule has 0 aliphatic rings.